The van der Waals surface area contributed by atoms with Gasteiger partial charge in [0.15, 0.2) is 0 Å². The molecule has 0 unspecified atom stereocenters. The number of imidazole rings is 1. The maximum absolute atomic E-state index is 12.6. The molecule has 2 heterocycles. The van der Waals surface area contributed by atoms with Crippen molar-refractivity contribution in [2.24, 2.45) is 0 Å². The lowest BCUT2D eigenvalue weighted by Gasteiger charge is -2.09. The third-order valence-electron chi connectivity index (χ3n) is 4.63. The zero-order valence-corrected chi connectivity index (χ0v) is 16.6. The van der Waals surface area contributed by atoms with Gasteiger partial charge in [-0.3, -0.25) is 9.20 Å². The summed E-state index contributed by atoms with van der Waals surface area (Å²) < 4.78 is 7.48. The molecule has 0 aliphatic carbocycles. The number of anilines is 1. The molecule has 0 saturated heterocycles. The molecule has 4 aromatic rings. The van der Waals surface area contributed by atoms with Crippen LogP contribution in [0, 0.1) is 13.8 Å². The lowest BCUT2D eigenvalue weighted by atomic mass is 10.1. The Hall–Kier alpha value is -3.44. The van der Waals surface area contributed by atoms with Gasteiger partial charge in [0, 0.05) is 11.8 Å². The van der Waals surface area contributed by atoms with Crippen LogP contribution in [-0.2, 0) is 16.1 Å². The summed E-state index contributed by atoms with van der Waals surface area (Å²) >= 11 is 0. The Bertz CT molecular complexity index is 1130. The van der Waals surface area contributed by atoms with Crippen LogP contribution >= 0.6 is 0 Å². The molecule has 1 N–H and O–H groups in total. The van der Waals surface area contributed by atoms with Crippen molar-refractivity contribution in [2.45, 2.75) is 20.5 Å². The molecule has 29 heavy (non-hydrogen) atoms. The van der Waals surface area contributed by atoms with Crippen molar-refractivity contribution in [1.29, 1.82) is 0 Å². The summed E-state index contributed by atoms with van der Waals surface area (Å²) in [5.74, 6) is 0.441. The average molecular weight is 385 g/mol. The highest BCUT2D eigenvalue weighted by molar-refractivity contribution is 5.95. The molecule has 0 radical (unpaired) electrons. The first-order valence-corrected chi connectivity index (χ1v) is 9.57. The van der Waals surface area contributed by atoms with Crippen LogP contribution in [-0.4, -0.2) is 21.9 Å². The number of amides is 1. The molecular formula is C24H23N3O2. The minimum atomic E-state index is -0.211. The number of pyridine rings is 1. The van der Waals surface area contributed by atoms with Gasteiger partial charge >= 0.3 is 0 Å². The van der Waals surface area contributed by atoms with E-state index in [2.05, 4.69) is 37.4 Å². The van der Waals surface area contributed by atoms with Gasteiger partial charge in [-0.2, -0.15) is 0 Å². The number of hydrogen-bond donors (Lipinski definition) is 1. The quantitative estimate of drug-likeness (QED) is 0.520. The van der Waals surface area contributed by atoms with Gasteiger partial charge in [-0.1, -0.05) is 53.6 Å². The zero-order chi connectivity index (χ0) is 20.2. The van der Waals surface area contributed by atoms with Gasteiger partial charge in [0.2, 0.25) is 0 Å². The molecule has 0 atom stereocenters. The third-order valence-corrected chi connectivity index (χ3v) is 4.63. The Balaban J connectivity index is 1.58. The van der Waals surface area contributed by atoms with Crippen LogP contribution in [0.3, 0.4) is 0 Å². The van der Waals surface area contributed by atoms with E-state index in [4.69, 9.17) is 9.72 Å². The molecule has 0 aliphatic rings. The largest absolute Gasteiger partial charge is 0.367 e. The smallest absolute Gasteiger partial charge is 0.251 e. The van der Waals surface area contributed by atoms with Gasteiger partial charge in [-0.05, 0) is 43.7 Å². The maximum Gasteiger partial charge on any atom is 0.251 e. The highest BCUT2D eigenvalue weighted by atomic mass is 16.5. The molecule has 5 nitrogen and oxygen atoms in total. The molecule has 0 bridgehead atoms. The van der Waals surface area contributed by atoms with Crippen LogP contribution < -0.4 is 5.32 Å². The normalized spacial score (nSPS) is 11.0. The van der Waals surface area contributed by atoms with E-state index in [0.717, 1.165) is 33.6 Å². The summed E-state index contributed by atoms with van der Waals surface area (Å²) in [7, 11) is 0. The Morgan fingerprint density at radius 1 is 1.00 bits per heavy atom. The van der Waals surface area contributed by atoms with E-state index in [1.807, 2.05) is 59.1 Å². The number of carbonyl (C=O) groups excluding carboxylic acids is 1. The number of ether oxygens (including phenoxy) is 1. The lowest BCUT2D eigenvalue weighted by Crippen LogP contribution is -2.19. The predicted molar refractivity (Wildman–Crippen MR) is 115 cm³/mol. The SMILES string of the molecule is Cc1cc(C)cc(-c2nc3ccccn3c2NC(=O)COCc2ccccc2)c1. The minimum absolute atomic E-state index is 0.0265. The number of aryl methyl sites for hydroxylation is 2. The number of hydrogen-bond acceptors (Lipinski definition) is 3. The van der Waals surface area contributed by atoms with E-state index in [1.54, 1.807) is 0 Å². The van der Waals surface area contributed by atoms with E-state index in [0.29, 0.717) is 12.4 Å². The van der Waals surface area contributed by atoms with Crippen LogP contribution in [0.5, 0.6) is 0 Å². The topological polar surface area (TPSA) is 55.6 Å². The Morgan fingerprint density at radius 3 is 2.48 bits per heavy atom. The highest BCUT2D eigenvalue weighted by Gasteiger charge is 2.17. The summed E-state index contributed by atoms with van der Waals surface area (Å²) in [6.07, 6.45) is 1.90. The number of fused-ring (bicyclic) bond motifs is 1. The summed E-state index contributed by atoms with van der Waals surface area (Å²) in [5, 5.41) is 2.99. The van der Waals surface area contributed by atoms with Crippen molar-refractivity contribution < 1.29 is 9.53 Å². The number of carbonyl (C=O) groups is 1. The first kappa shape index (κ1) is 18.9. The fourth-order valence-electron chi connectivity index (χ4n) is 3.43. The molecule has 0 aliphatic heterocycles. The predicted octanol–water partition coefficient (Wildman–Crippen LogP) is 4.77. The van der Waals surface area contributed by atoms with Crippen molar-refractivity contribution in [3.63, 3.8) is 0 Å². The van der Waals surface area contributed by atoms with Crippen molar-refractivity contribution >= 4 is 17.4 Å². The van der Waals surface area contributed by atoms with Gasteiger partial charge in [0.05, 0.1) is 6.61 Å². The maximum atomic E-state index is 12.6. The second kappa shape index (κ2) is 8.29. The first-order chi connectivity index (χ1) is 14.1. The van der Waals surface area contributed by atoms with E-state index >= 15 is 0 Å². The number of benzene rings is 2. The second-order valence-corrected chi connectivity index (χ2v) is 7.14. The van der Waals surface area contributed by atoms with Gasteiger partial charge in [-0.15, -0.1) is 0 Å². The fourth-order valence-corrected chi connectivity index (χ4v) is 3.43. The van der Waals surface area contributed by atoms with E-state index in [1.165, 1.54) is 0 Å². The number of rotatable bonds is 6. The molecule has 0 saturated carbocycles. The van der Waals surface area contributed by atoms with Gasteiger partial charge in [0.25, 0.3) is 5.91 Å². The number of nitrogens with zero attached hydrogens (tertiary/aromatic N) is 2. The van der Waals surface area contributed by atoms with E-state index < -0.39 is 0 Å². The Kier molecular flexibility index (Phi) is 5.40. The van der Waals surface area contributed by atoms with Crippen molar-refractivity contribution in [2.75, 3.05) is 11.9 Å². The van der Waals surface area contributed by atoms with Crippen LogP contribution in [0.2, 0.25) is 0 Å². The van der Waals surface area contributed by atoms with E-state index in [9.17, 15) is 4.79 Å². The highest BCUT2D eigenvalue weighted by Crippen LogP contribution is 2.30. The number of aromatic nitrogens is 2. The molecular weight excluding hydrogens is 362 g/mol. The summed E-state index contributed by atoms with van der Waals surface area (Å²) in [5.41, 5.74) is 5.85. The van der Waals surface area contributed by atoms with E-state index in [-0.39, 0.29) is 12.5 Å². The lowest BCUT2D eigenvalue weighted by molar-refractivity contribution is -0.121. The molecule has 1 amide bonds. The number of nitrogens with one attached hydrogen (secondary N) is 1. The second-order valence-electron chi connectivity index (χ2n) is 7.14. The first-order valence-electron chi connectivity index (χ1n) is 9.57. The summed E-state index contributed by atoms with van der Waals surface area (Å²) in [4.78, 5) is 17.3. The van der Waals surface area contributed by atoms with Gasteiger partial charge in [0.1, 0.15) is 23.8 Å². The molecule has 4 rings (SSSR count). The van der Waals surface area contributed by atoms with Crippen LogP contribution in [0.15, 0.2) is 72.9 Å². The molecule has 0 spiro atoms. The molecule has 2 aromatic carbocycles. The van der Waals surface area contributed by atoms with Gasteiger partial charge < -0.3 is 10.1 Å². The molecule has 146 valence electrons. The van der Waals surface area contributed by atoms with Crippen LogP contribution in [0.25, 0.3) is 16.9 Å². The van der Waals surface area contributed by atoms with Crippen molar-refractivity contribution in [3.8, 4) is 11.3 Å². The molecule has 5 heteroatoms. The summed E-state index contributed by atoms with van der Waals surface area (Å²) in [6.45, 7) is 4.48. The average Bonchev–Trinajstić information content (AvgIpc) is 3.07. The molecule has 0 fully saturated rings. The minimum Gasteiger partial charge on any atom is -0.367 e. The van der Waals surface area contributed by atoms with Crippen molar-refractivity contribution in [3.05, 3.63) is 89.6 Å². The Labute approximate surface area is 170 Å². The third kappa shape index (κ3) is 4.36. The van der Waals surface area contributed by atoms with Crippen molar-refractivity contribution in [1.82, 2.24) is 9.38 Å². The standard InChI is InChI=1S/C24H23N3O2/c1-17-12-18(2)14-20(13-17)23-24(27-11-7-6-10-21(27)25-23)26-22(28)16-29-15-19-8-4-3-5-9-19/h3-14H,15-16H2,1-2H3,(H,26,28). The van der Waals surface area contributed by atoms with Crippen LogP contribution in [0.1, 0.15) is 16.7 Å². The zero-order valence-electron chi connectivity index (χ0n) is 16.6. The monoisotopic (exact) mass is 385 g/mol. The summed E-state index contributed by atoms with van der Waals surface area (Å²) in [6, 6.07) is 21.9. The van der Waals surface area contributed by atoms with Gasteiger partial charge in [-0.25, -0.2) is 4.98 Å². The fraction of sp³-hybridized carbons (Fsp3) is 0.167. The Morgan fingerprint density at radius 2 is 1.72 bits per heavy atom. The van der Waals surface area contributed by atoms with Crippen LogP contribution in [0.4, 0.5) is 5.82 Å². The molecule has 2 aromatic heterocycles.